The van der Waals surface area contributed by atoms with Crippen LogP contribution in [0.4, 0.5) is 0 Å². The number of furan rings is 1. The van der Waals surface area contributed by atoms with E-state index in [1.807, 2.05) is 38.1 Å². The van der Waals surface area contributed by atoms with Crippen LogP contribution >= 0.6 is 0 Å². The molecule has 5 nitrogen and oxygen atoms in total. The minimum Gasteiger partial charge on any atom is -0.486 e. The molecule has 0 amide bonds. The first-order valence-electron chi connectivity index (χ1n) is 13.8. The summed E-state index contributed by atoms with van der Waals surface area (Å²) < 4.78 is 12.1. The second-order valence-corrected chi connectivity index (χ2v) is 9.82. The highest BCUT2D eigenvalue weighted by Crippen LogP contribution is 2.41. The lowest BCUT2D eigenvalue weighted by molar-refractivity contribution is 0.109. The zero-order valence-electron chi connectivity index (χ0n) is 23.5. The van der Waals surface area contributed by atoms with Crippen molar-refractivity contribution in [3.05, 3.63) is 77.2 Å². The summed E-state index contributed by atoms with van der Waals surface area (Å²) in [4.78, 5) is 14.1. The average molecular weight is 505 g/mol. The van der Waals surface area contributed by atoms with Crippen LogP contribution in [0.2, 0.25) is 0 Å². The van der Waals surface area contributed by atoms with Gasteiger partial charge in [0, 0.05) is 18.3 Å². The van der Waals surface area contributed by atoms with Crippen molar-refractivity contribution in [3.63, 3.8) is 0 Å². The number of likely N-dealkylation sites (N-methyl/N-ethyl adjacent to an activating group) is 1. The maximum absolute atomic E-state index is 11.7. The molecule has 0 saturated carbocycles. The van der Waals surface area contributed by atoms with E-state index < -0.39 is 0 Å². The van der Waals surface area contributed by atoms with Gasteiger partial charge in [0.2, 0.25) is 5.76 Å². The molecule has 2 aliphatic carbocycles. The standard InChI is InChI=1S/C30H38N2O3.C2H6/c1-5-6-13-23(3)31-28-19-30(28,32(4)18-17-24-14-9-7-8-12-22(24)2)21-34-29-25-15-10-11-16-26(25)35-27(29)20-33;1-2/h7-12,15-16,19-20,23,31H,5-6,13-14,17-18,21H2,1-4H3;1-2H3. The van der Waals surface area contributed by atoms with Crippen molar-refractivity contribution >= 4 is 17.3 Å². The van der Waals surface area contributed by atoms with E-state index in [1.54, 1.807) is 0 Å². The molecule has 37 heavy (non-hydrogen) atoms. The summed E-state index contributed by atoms with van der Waals surface area (Å²) in [5.74, 6) is 0.771. The smallest absolute Gasteiger partial charge is 0.209 e. The van der Waals surface area contributed by atoms with E-state index in [9.17, 15) is 4.79 Å². The molecule has 0 bridgehead atoms. The van der Waals surface area contributed by atoms with E-state index in [-0.39, 0.29) is 11.3 Å². The lowest BCUT2D eigenvalue weighted by Crippen LogP contribution is -2.45. The van der Waals surface area contributed by atoms with Gasteiger partial charge in [-0.05, 0) is 58.4 Å². The van der Waals surface area contributed by atoms with Crippen LogP contribution < -0.4 is 10.1 Å². The fourth-order valence-electron chi connectivity index (χ4n) is 4.78. The number of ether oxygens (including phenoxy) is 1. The van der Waals surface area contributed by atoms with Gasteiger partial charge in [0.05, 0.1) is 5.39 Å². The topological polar surface area (TPSA) is 54.7 Å². The minimum atomic E-state index is -0.316. The number of hydrogen-bond acceptors (Lipinski definition) is 5. The van der Waals surface area contributed by atoms with Gasteiger partial charge in [-0.1, -0.05) is 81.2 Å². The zero-order valence-corrected chi connectivity index (χ0v) is 23.5. The number of allylic oxidation sites excluding steroid dienone is 5. The number of unbranched alkanes of at least 4 members (excludes halogenated alkanes) is 1. The Kier molecular flexibility index (Phi) is 10.4. The summed E-state index contributed by atoms with van der Waals surface area (Å²) in [6.07, 6.45) is 17.2. The van der Waals surface area contributed by atoms with Gasteiger partial charge in [-0.2, -0.15) is 0 Å². The molecule has 0 spiro atoms. The maximum Gasteiger partial charge on any atom is 0.209 e. The van der Waals surface area contributed by atoms with Gasteiger partial charge in [-0.3, -0.25) is 9.69 Å². The van der Waals surface area contributed by atoms with Gasteiger partial charge < -0.3 is 14.5 Å². The summed E-state index contributed by atoms with van der Waals surface area (Å²) in [5.41, 5.74) is 4.37. The van der Waals surface area contributed by atoms with E-state index in [4.69, 9.17) is 9.15 Å². The number of carbonyl (C=O) groups excluding carboxylic acids is 1. The molecular formula is C32H44N2O3. The second kappa shape index (κ2) is 13.5. The molecule has 2 unspecified atom stereocenters. The Balaban J connectivity index is 0.00000186. The fourth-order valence-corrected chi connectivity index (χ4v) is 4.78. The number of nitrogens with zero attached hydrogens (tertiary/aromatic N) is 1. The molecule has 4 rings (SSSR count). The van der Waals surface area contributed by atoms with Crippen LogP contribution in [0, 0.1) is 0 Å². The van der Waals surface area contributed by atoms with Gasteiger partial charge >= 0.3 is 0 Å². The van der Waals surface area contributed by atoms with Crippen LogP contribution in [-0.2, 0) is 0 Å². The molecule has 1 heterocycles. The van der Waals surface area contributed by atoms with Crippen LogP contribution in [0.25, 0.3) is 11.0 Å². The highest BCUT2D eigenvalue weighted by molar-refractivity contribution is 5.92. The zero-order chi connectivity index (χ0) is 26.8. The van der Waals surface area contributed by atoms with Crippen molar-refractivity contribution in [2.45, 2.75) is 78.3 Å². The highest BCUT2D eigenvalue weighted by Gasteiger charge is 2.49. The van der Waals surface area contributed by atoms with Gasteiger partial charge in [-0.25, -0.2) is 0 Å². The fraction of sp³-hybridized carbons (Fsp3) is 0.469. The first-order chi connectivity index (χ1) is 18.0. The van der Waals surface area contributed by atoms with Crippen LogP contribution in [0.1, 0.15) is 77.3 Å². The third kappa shape index (κ3) is 6.84. The molecule has 1 aromatic heterocycles. The van der Waals surface area contributed by atoms with E-state index >= 15 is 0 Å². The maximum atomic E-state index is 11.7. The summed E-state index contributed by atoms with van der Waals surface area (Å²) in [5, 5.41) is 4.56. The number of hydrogen-bond donors (Lipinski definition) is 1. The molecule has 0 saturated heterocycles. The normalized spacial score (nSPS) is 19.3. The number of fused-ring (bicyclic) bond motifs is 1. The Hall–Kier alpha value is -3.05. The van der Waals surface area contributed by atoms with Crippen LogP contribution in [0.15, 0.2) is 75.9 Å². The van der Waals surface area contributed by atoms with Crippen LogP contribution in [-0.4, -0.2) is 43.0 Å². The predicted molar refractivity (Wildman–Crippen MR) is 154 cm³/mol. The van der Waals surface area contributed by atoms with Gasteiger partial charge in [0.15, 0.2) is 12.0 Å². The summed E-state index contributed by atoms with van der Waals surface area (Å²) in [6.45, 7) is 12.0. The van der Waals surface area contributed by atoms with Crippen molar-refractivity contribution < 1.29 is 13.9 Å². The van der Waals surface area contributed by atoms with Gasteiger partial charge in [-0.15, -0.1) is 0 Å². The van der Waals surface area contributed by atoms with Crippen molar-refractivity contribution in [1.29, 1.82) is 0 Å². The molecule has 0 aliphatic heterocycles. The molecule has 0 radical (unpaired) electrons. The quantitative estimate of drug-likeness (QED) is 0.285. The monoisotopic (exact) mass is 504 g/mol. The Morgan fingerprint density at radius 2 is 2.03 bits per heavy atom. The lowest BCUT2D eigenvalue weighted by Gasteiger charge is -2.31. The Morgan fingerprint density at radius 3 is 2.78 bits per heavy atom. The number of benzene rings is 1. The number of carbonyl (C=O) groups is 1. The number of nitrogens with one attached hydrogen (secondary N) is 1. The third-order valence-electron chi connectivity index (χ3n) is 7.22. The van der Waals surface area contributed by atoms with Crippen molar-refractivity contribution in [3.8, 4) is 5.75 Å². The molecule has 1 aromatic carbocycles. The molecule has 2 aliphatic rings. The lowest BCUT2D eigenvalue weighted by atomic mass is 10.0. The van der Waals surface area contributed by atoms with E-state index in [0.29, 0.717) is 24.0 Å². The van der Waals surface area contributed by atoms with Gasteiger partial charge in [0.25, 0.3) is 0 Å². The van der Waals surface area contributed by atoms with E-state index in [0.717, 1.165) is 37.5 Å². The number of para-hydroxylation sites is 1. The van der Waals surface area contributed by atoms with Gasteiger partial charge in [0.1, 0.15) is 17.7 Å². The second-order valence-electron chi connectivity index (χ2n) is 9.82. The van der Waals surface area contributed by atoms with E-state index in [2.05, 4.69) is 68.4 Å². The van der Waals surface area contributed by atoms with Crippen molar-refractivity contribution in [2.75, 3.05) is 20.2 Å². The first kappa shape index (κ1) is 28.5. The predicted octanol–water partition coefficient (Wildman–Crippen LogP) is 7.61. The molecule has 1 N–H and O–H groups in total. The molecule has 2 aromatic rings. The number of aldehydes is 1. The molecule has 0 fully saturated rings. The van der Waals surface area contributed by atoms with E-state index in [1.165, 1.54) is 29.7 Å². The SMILES string of the molecule is CC.CCCCC(C)NC1=CC1(COc1c(C=O)oc2ccccc12)N(C)CCC1=C(C)C=CC=CC1. The summed E-state index contributed by atoms with van der Waals surface area (Å²) >= 11 is 0. The molecule has 2 atom stereocenters. The highest BCUT2D eigenvalue weighted by atomic mass is 16.5. The molecule has 200 valence electrons. The first-order valence-corrected chi connectivity index (χ1v) is 13.8. The average Bonchev–Trinajstić information content (AvgIpc) is 3.56. The molecular weight excluding hydrogens is 460 g/mol. The third-order valence-corrected chi connectivity index (χ3v) is 7.22. The Labute approximate surface area is 222 Å². The Morgan fingerprint density at radius 1 is 1.24 bits per heavy atom. The Bertz CT molecular complexity index is 1170. The largest absolute Gasteiger partial charge is 0.486 e. The van der Waals surface area contributed by atoms with Crippen LogP contribution in [0.5, 0.6) is 5.75 Å². The number of rotatable bonds is 13. The molecule has 5 heteroatoms. The van der Waals surface area contributed by atoms with Crippen LogP contribution in [0.3, 0.4) is 0 Å². The summed E-state index contributed by atoms with van der Waals surface area (Å²) in [7, 11) is 2.16. The van der Waals surface area contributed by atoms with Crippen molar-refractivity contribution in [2.24, 2.45) is 0 Å². The van der Waals surface area contributed by atoms with Crippen molar-refractivity contribution in [1.82, 2.24) is 10.2 Å². The minimum absolute atomic E-state index is 0.244. The summed E-state index contributed by atoms with van der Waals surface area (Å²) in [6, 6.07) is 8.03.